The second kappa shape index (κ2) is 7.63. The highest BCUT2D eigenvalue weighted by atomic mass is 16.5. The van der Waals surface area contributed by atoms with Crippen LogP contribution in [0.5, 0.6) is 5.88 Å². The molecule has 2 atom stereocenters. The fraction of sp³-hybridized carbons (Fsp3) is 0.706. The van der Waals surface area contributed by atoms with E-state index < -0.39 is 0 Å². The molecule has 0 spiro atoms. The fourth-order valence-electron chi connectivity index (χ4n) is 2.79. The molecule has 1 aliphatic rings. The molecule has 0 bridgehead atoms. The molecule has 1 aromatic rings. The van der Waals surface area contributed by atoms with Gasteiger partial charge in [-0.25, -0.2) is 4.98 Å². The lowest BCUT2D eigenvalue weighted by molar-refractivity contribution is 0.124. The van der Waals surface area contributed by atoms with Crippen LogP contribution in [0, 0.1) is 11.8 Å². The molecule has 0 aromatic carbocycles. The normalized spacial score (nSPS) is 23.0. The van der Waals surface area contributed by atoms with E-state index in [1.807, 2.05) is 6.20 Å². The molecule has 0 aliphatic heterocycles. The van der Waals surface area contributed by atoms with E-state index in [-0.39, 0.29) is 0 Å². The van der Waals surface area contributed by atoms with Crippen molar-refractivity contribution < 1.29 is 4.74 Å². The molecule has 20 heavy (non-hydrogen) atoms. The molecule has 1 N–H and O–H groups in total. The Morgan fingerprint density at radius 3 is 3.00 bits per heavy atom. The lowest BCUT2D eigenvalue weighted by Gasteiger charge is -2.27. The van der Waals surface area contributed by atoms with Crippen molar-refractivity contribution in [1.29, 1.82) is 0 Å². The lowest BCUT2D eigenvalue weighted by atomic mass is 9.89. The van der Waals surface area contributed by atoms with Crippen LogP contribution in [0.2, 0.25) is 0 Å². The fourth-order valence-corrected chi connectivity index (χ4v) is 2.79. The quantitative estimate of drug-likeness (QED) is 0.858. The van der Waals surface area contributed by atoms with Gasteiger partial charge < -0.3 is 10.1 Å². The van der Waals surface area contributed by atoms with E-state index in [4.69, 9.17) is 4.74 Å². The molecule has 0 amide bonds. The minimum atomic E-state index is 0.352. The number of hydrogen-bond acceptors (Lipinski definition) is 3. The summed E-state index contributed by atoms with van der Waals surface area (Å²) in [5, 5.41) is 3.46. The molecule has 0 saturated heterocycles. The minimum Gasteiger partial charge on any atom is -0.474 e. The van der Waals surface area contributed by atoms with Crippen LogP contribution in [0.25, 0.3) is 0 Å². The summed E-state index contributed by atoms with van der Waals surface area (Å²) in [6.45, 7) is 8.68. The number of nitrogens with zero attached hydrogens (tertiary/aromatic N) is 1. The Bertz CT molecular complexity index is 406. The zero-order valence-corrected chi connectivity index (χ0v) is 13.1. The first-order valence-corrected chi connectivity index (χ1v) is 7.95. The van der Waals surface area contributed by atoms with Gasteiger partial charge in [-0.15, -0.1) is 0 Å². The van der Waals surface area contributed by atoms with Gasteiger partial charge in [0.2, 0.25) is 5.88 Å². The second-order valence-corrected chi connectivity index (χ2v) is 6.54. The summed E-state index contributed by atoms with van der Waals surface area (Å²) in [5.74, 6) is 2.24. The van der Waals surface area contributed by atoms with Gasteiger partial charge >= 0.3 is 0 Å². The van der Waals surface area contributed by atoms with Crippen LogP contribution in [0.4, 0.5) is 0 Å². The van der Waals surface area contributed by atoms with Crippen LogP contribution in [-0.4, -0.2) is 17.6 Å². The highest BCUT2D eigenvalue weighted by Gasteiger charge is 2.20. The highest BCUT2D eigenvalue weighted by molar-refractivity contribution is 5.20. The third-order valence-corrected chi connectivity index (χ3v) is 3.86. The number of aromatic nitrogens is 1. The Kier molecular flexibility index (Phi) is 5.84. The molecule has 112 valence electrons. The van der Waals surface area contributed by atoms with Gasteiger partial charge in [-0.2, -0.15) is 0 Å². The SMILES string of the molecule is CC(C)CNCc1ccnc(OC2CCCC(C)C2)c1. The summed E-state index contributed by atoms with van der Waals surface area (Å²) >= 11 is 0. The van der Waals surface area contributed by atoms with Gasteiger partial charge in [-0.05, 0) is 49.3 Å². The maximum absolute atomic E-state index is 6.05. The molecule has 1 heterocycles. The van der Waals surface area contributed by atoms with Crippen molar-refractivity contribution in [2.45, 2.75) is 59.1 Å². The molecule has 2 unspecified atom stereocenters. The van der Waals surface area contributed by atoms with E-state index >= 15 is 0 Å². The average Bonchev–Trinajstić information content (AvgIpc) is 2.39. The Labute approximate surface area is 123 Å². The van der Waals surface area contributed by atoms with Gasteiger partial charge in [0.05, 0.1) is 0 Å². The highest BCUT2D eigenvalue weighted by Crippen LogP contribution is 2.26. The molecular weight excluding hydrogens is 248 g/mol. The van der Waals surface area contributed by atoms with Gasteiger partial charge in [0.1, 0.15) is 6.10 Å². The van der Waals surface area contributed by atoms with Crippen LogP contribution in [0.15, 0.2) is 18.3 Å². The van der Waals surface area contributed by atoms with Gasteiger partial charge in [0.25, 0.3) is 0 Å². The van der Waals surface area contributed by atoms with Crippen molar-refractivity contribution in [3.63, 3.8) is 0 Å². The molecule has 1 fully saturated rings. The number of hydrogen-bond donors (Lipinski definition) is 1. The van der Waals surface area contributed by atoms with Crippen molar-refractivity contribution >= 4 is 0 Å². The van der Waals surface area contributed by atoms with Crippen LogP contribution in [0.3, 0.4) is 0 Å². The van der Waals surface area contributed by atoms with Gasteiger partial charge in [-0.3, -0.25) is 0 Å². The van der Waals surface area contributed by atoms with Gasteiger partial charge in [-0.1, -0.05) is 27.2 Å². The van der Waals surface area contributed by atoms with E-state index in [9.17, 15) is 0 Å². The standard InChI is InChI=1S/C17H28N2O/c1-13(2)11-18-12-15-7-8-19-17(10-15)20-16-6-4-5-14(3)9-16/h7-8,10,13-14,16,18H,4-6,9,11-12H2,1-3H3. The van der Waals surface area contributed by atoms with Crippen LogP contribution in [-0.2, 0) is 6.54 Å². The number of nitrogens with one attached hydrogen (secondary N) is 1. The van der Waals surface area contributed by atoms with E-state index in [1.54, 1.807) is 0 Å². The molecule has 2 rings (SSSR count). The zero-order valence-electron chi connectivity index (χ0n) is 13.1. The van der Waals surface area contributed by atoms with Crippen molar-refractivity contribution in [3.05, 3.63) is 23.9 Å². The first-order chi connectivity index (χ1) is 9.63. The largest absolute Gasteiger partial charge is 0.474 e. The second-order valence-electron chi connectivity index (χ2n) is 6.54. The minimum absolute atomic E-state index is 0.352. The topological polar surface area (TPSA) is 34.2 Å². The zero-order chi connectivity index (χ0) is 14.4. The van der Waals surface area contributed by atoms with Crippen LogP contribution in [0.1, 0.15) is 52.0 Å². The Balaban J connectivity index is 1.85. The Morgan fingerprint density at radius 1 is 1.40 bits per heavy atom. The van der Waals surface area contributed by atoms with E-state index in [0.717, 1.165) is 31.3 Å². The number of rotatable bonds is 6. The van der Waals surface area contributed by atoms with E-state index in [1.165, 1.54) is 24.8 Å². The smallest absolute Gasteiger partial charge is 0.213 e. The van der Waals surface area contributed by atoms with Crippen LogP contribution >= 0.6 is 0 Å². The predicted octanol–water partition coefficient (Wildman–Crippen LogP) is 3.78. The monoisotopic (exact) mass is 276 g/mol. The summed E-state index contributed by atoms with van der Waals surface area (Å²) < 4.78 is 6.05. The Hall–Kier alpha value is -1.09. The van der Waals surface area contributed by atoms with E-state index in [0.29, 0.717) is 12.0 Å². The maximum Gasteiger partial charge on any atom is 0.213 e. The summed E-state index contributed by atoms with van der Waals surface area (Å²) in [7, 11) is 0. The molecular formula is C17H28N2O. The van der Waals surface area contributed by atoms with Gasteiger partial charge in [0, 0.05) is 18.8 Å². The lowest BCUT2D eigenvalue weighted by Crippen LogP contribution is -2.24. The van der Waals surface area contributed by atoms with E-state index in [2.05, 4.69) is 43.2 Å². The molecule has 1 saturated carbocycles. The van der Waals surface area contributed by atoms with Crippen molar-refractivity contribution in [2.75, 3.05) is 6.54 Å². The molecule has 1 aromatic heterocycles. The summed E-state index contributed by atoms with van der Waals surface area (Å²) in [6.07, 6.45) is 7.16. The van der Waals surface area contributed by atoms with Crippen molar-refractivity contribution in [3.8, 4) is 5.88 Å². The number of ether oxygens (including phenoxy) is 1. The third-order valence-electron chi connectivity index (χ3n) is 3.86. The summed E-state index contributed by atoms with van der Waals surface area (Å²) in [5.41, 5.74) is 1.25. The first-order valence-electron chi connectivity index (χ1n) is 7.95. The third kappa shape index (κ3) is 5.12. The average molecular weight is 276 g/mol. The number of pyridine rings is 1. The molecule has 1 aliphatic carbocycles. The maximum atomic E-state index is 6.05. The first kappa shape index (κ1) is 15.3. The Morgan fingerprint density at radius 2 is 2.25 bits per heavy atom. The molecule has 0 radical (unpaired) electrons. The van der Waals surface area contributed by atoms with Crippen molar-refractivity contribution in [1.82, 2.24) is 10.3 Å². The summed E-state index contributed by atoms with van der Waals surface area (Å²) in [6, 6.07) is 4.14. The van der Waals surface area contributed by atoms with Crippen molar-refractivity contribution in [2.24, 2.45) is 11.8 Å². The van der Waals surface area contributed by atoms with Crippen LogP contribution < -0.4 is 10.1 Å². The summed E-state index contributed by atoms with van der Waals surface area (Å²) in [4.78, 5) is 4.35. The van der Waals surface area contributed by atoms with Gasteiger partial charge in [0.15, 0.2) is 0 Å². The predicted molar refractivity (Wildman–Crippen MR) is 82.8 cm³/mol. The molecule has 3 nitrogen and oxygen atoms in total. The molecule has 3 heteroatoms.